The lowest BCUT2D eigenvalue weighted by Crippen LogP contribution is -2.05. The van der Waals surface area contributed by atoms with Crippen molar-refractivity contribution in [3.63, 3.8) is 0 Å². The van der Waals surface area contributed by atoms with Crippen LogP contribution in [0.3, 0.4) is 0 Å². The second-order valence-corrected chi connectivity index (χ2v) is 2.24. The fourth-order valence-corrected chi connectivity index (χ4v) is 0.928. The molecular formula is C8H8N2O2. The maximum Gasteiger partial charge on any atom is 0.150 e. The third kappa shape index (κ3) is 1.88. The zero-order valence-corrected chi connectivity index (χ0v) is 6.36. The van der Waals surface area contributed by atoms with Gasteiger partial charge in [-0.15, -0.1) is 4.91 Å². The standard InChI is InChI=1S/C8H8N2O2/c11-6-8-4-2-1-3-7(8)5-9-10-12/h1-4,6H,5H2,(H,9,12). The van der Waals surface area contributed by atoms with Crippen LogP contribution in [-0.2, 0) is 6.54 Å². The third-order valence-electron chi connectivity index (χ3n) is 1.52. The second-order valence-electron chi connectivity index (χ2n) is 2.24. The lowest BCUT2D eigenvalue weighted by atomic mass is 10.1. The molecule has 0 atom stereocenters. The van der Waals surface area contributed by atoms with Crippen molar-refractivity contribution in [1.82, 2.24) is 5.43 Å². The van der Waals surface area contributed by atoms with Gasteiger partial charge in [0.25, 0.3) is 0 Å². The van der Waals surface area contributed by atoms with E-state index in [4.69, 9.17) is 0 Å². The molecule has 4 nitrogen and oxygen atoms in total. The molecule has 0 saturated heterocycles. The number of carbonyl (C=O) groups excluding carboxylic acids is 1. The normalized spacial score (nSPS) is 9.00. The maximum atomic E-state index is 10.5. The summed E-state index contributed by atoms with van der Waals surface area (Å²) in [5, 5.41) is 2.49. The number of hydrogen-bond acceptors (Lipinski definition) is 3. The van der Waals surface area contributed by atoms with E-state index >= 15 is 0 Å². The van der Waals surface area contributed by atoms with E-state index in [1.165, 1.54) is 0 Å². The maximum absolute atomic E-state index is 10.5. The predicted molar refractivity (Wildman–Crippen MR) is 44.5 cm³/mol. The Morgan fingerprint density at radius 3 is 2.83 bits per heavy atom. The van der Waals surface area contributed by atoms with Gasteiger partial charge in [-0.3, -0.25) is 10.2 Å². The van der Waals surface area contributed by atoms with E-state index in [2.05, 4.69) is 10.7 Å². The van der Waals surface area contributed by atoms with Gasteiger partial charge in [-0.25, -0.2) is 0 Å². The number of nitrogens with one attached hydrogen (secondary N) is 1. The average Bonchev–Trinajstić information content (AvgIpc) is 2.15. The van der Waals surface area contributed by atoms with Crippen molar-refractivity contribution in [2.75, 3.05) is 0 Å². The van der Waals surface area contributed by atoms with Crippen LogP contribution in [-0.4, -0.2) is 6.29 Å². The van der Waals surface area contributed by atoms with Crippen LogP contribution in [0.2, 0.25) is 0 Å². The van der Waals surface area contributed by atoms with Crippen LogP contribution in [0.4, 0.5) is 0 Å². The highest BCUT2D eigenvalue weighted by atomic mass is 16.3. The van der Waals surface area contributed by atoms with Crippen LogP contribution < -0.4 is 5.43 Å². The third-order valence-corrected chi connectivity index (χ3v) is 1.52. The Morgan fingerprint density at radius 1 is 1.42 bits per heavy atom. The summed E-state index contributed by atoms with van der Waals surface area (Å²) in [5.74, 6) is 0. The van der Waals surface area contributed by atoms with E-state index in [0.29, 0.717) is 12.1 Å². The Bertz CT molecular complexity index is 286. The minimum absolute atomic E-state index is 0.290. The van der Waals surface area contributed by atoms with Crippen LogP contribution in [0, 0.1) is 4.91 Å². The molecule has 0 aliphatic carbocycles. The molecule has 1 N–H and O–H groups in total. The number of hydrogen-bond donors (Lipinski definition) is 1. The second kappa shape index (κ2) is 4.23. The molecular weight excluding hydrogens is 156 g/mol. The van der Waals surface area contributed by atoms with E-state index in [1.807, 2.05) is 0 Å². The molecule has 0 unspecified atom stereocenters. The highest BCUT2D eigenvalue weighted by Crippen LogP contribution is 2.04. The Labute approximate surface area is 69.5 Å². The van der Waals surface area contributed by atoms with Gasteiger partial charge in [0.2, 0.25) is 0 Å². The Morgan fingerprint density at radius 2 is 2.17 bits per heavy atom. The largest absolute Gasteiger partial charge is 0.298 e. The minimum atomic E-state index is 0.290. The number of carbonyl (C=O) groups is 1. The fraction of sp³-hybridized carbons (Fsp3) is 0.125. The van der Waals surface area contributed by atoms with Gasteiger partial charge in [0.1, 0.15) is 6.29 Å². The molecule has 62 valence electrons. The first-order valence-electron chi connectivity index (χ1n) is 3.47. The van der Waals surface area contributed by atoms with Gasteiger partial charge < -0.3 is 0 Å². The van der Waals surface area contributed by atoms with E-state index in [9.17, 15) is 9.70 Å². The van der Waals surface area contributed by atoms with Crippen LogP contribution in [0.1, 0.15) is 15.9 Å². The molecule has 0 amide bonds. The summed E-state index contributed by atoms with van der Waals surface area (Å²) in [5.41, 5.74) is 3.60. The van der Waals surface area contributed by atoms with Gasteiger partial charge in [0.15, 0.2) is 0 Å². The van der Waals surface area contributed by atoms with Crippen molar-refractivity contribution in [2.24, 2.45) is 5.29 Å². The molecule has 1 rings (SSSR count). The summed E-state index contributed by atoms with van der Waals surface area (Å²) < 4.78 is 0. The summed E-state index contributed by atoms with van der Waals surface area (Å²) in [4.78, 5) is 20.2. The lowest BCUT2D eigenvalue weighted by molar-refractivity contribution is 0.112. The molecule has 0 fully saturated rings. The van der Waals surface area contributed by atoms with E-state index < -0.39 is 0 Å². The minimum Gasteiger partial charge on any atom is -0.298 e. The van der Waals surface area contributed by atoms with Crippen molar-refractivity contribution in [2.45, 2.75) is 6.54 Å². The van der Waals surface area contributed by atoms with Crippen molar-refractivity contribution < 1.29 is 4.79 Å². The number of nitroso groups, excluding NO2 is 1. The molecule has 0 aliphatic rings. The molecule has 0 saturated carbocycles. The highest BCUT2D eigenvalue weighted by molar-refractivity contribution is 5.77. The van der Waals surface area contributed by atoms with Crippen molar-refractivity contribution in [3.8, 4) is 0 Å². The van der Waals surface area contributed by atoms with Gasteiger partial charge >= 0.3 is 0 Å². The first-order valence-corrected chi connectivity index (χ1v) is 3.47. The summed E-state index contributed by atoms with van der Waals surface area (Å²) in [6, 6.07) is 7.02. The van der Waals surface area contributed by atoms with Crippen molar-refractivity contribution in [3.05, 3.63) is 40.3 Å². The fourth-order valence-electron chi connectivity index (χ4n) is 0.928. The number of aldehydes is 1. The molecule has 1 aromatic rings. The van der Waals surface area contributed by atoms with Crippen molar-refractivity contribution in [1.29, 1.82) is 0 Å². The molecule has 0 heterocycles. The number of rotatable bonds is 4. The van der Waals surface area contributed by atoms with Crippen LogP contribution in [0.5, 0.6) is 0 Å². The predicted octanol–water partition coefficient (Wildman–Crippen LogP) is 1.27. The molecule has 0 bridgehead atoms. The van der Waals surface area contributed by atoms with E-state index in [1.54, 1.807) is 24.3 Å². The monoisotopic (exact) mass is 164 g/mol. The quantitative estimate of drug-likeness (QED) is 0.414. The Balaban J connectivity index is 2.81. The van der Waals surface area contributed by atoms with Gasteiger partial charge in [-0.1, -0.05) is 24.3 Å². The zero-order chi connectivity index (χ0) is 8.81. The molecule has 1 aromatic carbocycles. The first-order chi connectivity index (χ1) is 5.88. The number of nitrogens with zero attached hydrogens (tertiary/aromatic N) is 1. The summed E-state index contributed by atoms with van der Waals surface area (Å²) in [7, 11) is 0. The molecule has 0 spiro atoms. The Kier molecular flexibility index (Phi) is 2.95. The molecule has 4 heteroatoms. The zero-order valence-electron chi connectivity index (χ0n) is 6.36. The summed E-state index contributed by atoms with van der Waals surface area (Å²) in [6.45, 7) is 0.290. The van der Waals surface area contributed by atoms with Gasteiger partial charge in [-0.2, -0.15) is 0 Å². The smallest absolute Gasteiger partial charge is 0.150 e. The molecule has 0 aliphatic heterocycles. The lowest BCUT2D eigenvalue weighted by Gasteiger charge is -2.00. The van der Waals surface area contributed by atoms with E-state index in [0.717, 1.165) is 11.8 Å². The highest BCUT2D eigenvalue weighted by Gasteiger charge is 1.98. The molecule has 0 radical (unpaired) electrons. The SMILES string of the molecule is O=Cc1ccccc1CNN=O. The first kappa shape index (κ1) is 8.39. The van der Waals surface area contributed by atoms with Crippen LogP contribution in [0.15, 0.2) is 29.6 Å². The average molecular weight is 164 g/mol. The van der Waals surface area contributed by atoms with Crippen molar-refractivity contribution >= 4 is 6.29 Å². The van der Waals surface area contributed by atoms with Gasteiger partial charge in [0, 0.05) is 10.8 Å². The summed E-state index contributed by atoms with van der Waals surface area (Å²) >= 11 is 0. The summed E-state index contributed by atoms with van der Waals surface area (Å²) in [6.07, 6.45) is 0.752. The number of benzene rings is 1. The van der Waals surface area contributed by atoms with E-state index in [-0.39, 0.29) is 0 Å². The van der Waals surface area contributed by atoms with Crippen LogP contribution >= 0.6 is 0 Å². The van der Waals surface area contributed by atoms with Gasteiger partial charge in [0.05, 0.1) is 6.54 Å². The Hall–Kier alpha value is -1.71. The topological polar surface area (TPSA) is 58.5 Å². The molecule has 12 heavy (non-hydrogen) atoms. The van der Waals surface area contributed by atoms with Gasteiger partial charge in [-0.05, 0) is 5.56 Å². The molecule has 0 aromatic heterocycles. The van der Waals surface area contributed by atoms with Crippen LogP contribution in [0.25, 0.3) is 0 Å².